The molecule has 94 valence electrons. The Kier molecular flexibility index (Phi) is 4.53. The second kappa shape index (κ2) is 5.30. The van der Waals surface area contributed by atoms with Crippen LogP contribution in [0.4, 0.5) is 8.78 Å². The maximum atomic E-state index is 12.2. The van der Waals surface area contributed by atoms with Crippen molar-refractivity contribution in [3.63, 3.8) is 0 Å². The van der Waals surface area contributed by atoms with Crippen LogP contribution in [0.3, 0.4) is 0 Å². The molecule has 1 fully saturated rings. The summed E-state index contributed by atoms with van der Waals surface area (Å²) in [6.45, 7) is 1.22. The molecule has 0 spiro atoms. The Bertz CT molecular complexity index is 353. The van der Waals surface area contributed by atoms with Crippen molar-refractivity contribution >= 4 is 27.2 Å². The second-order valence-corrected chi connectivity index (χ2v) is 5.87. The molecule has 0 bridgehead atoms. The quantitative estimate of drug-likeness (QED) is 0.696. The minimum atomic E-state index is -4.44. The Morgan fingerprint density at radius 2 is 1.81 bits per heavy atom. The van der Waals surface area contributed by atoms with E-state index in [0.717, 1.165) is 4.31 Å². The van der Waals surface area contributed by atoms with Gasteiger partial charge in [0.25, 0.3) is 10.0 Å². The van der Waals surface area contributed by atoms with Gasteiger partial charge in [-0.15, -0.1) is 0 Å². The van der Waals surface area contributed by atoms with Crippen molar-refractivity contribution < 1.29 is 17.2 Å². The molecule has 0 aromatic carbocycles. The van der Waals surface area contributed by atoms with Crippen LogP contribution in [0.1, 0.15) is 0 Å². The maximum absolute atomic E-state index is 12.2. The molecule has 0 atom stereocenters. The summed E-state index contributed by atoms with van der Waals surface area (Å²) in [6.07, 6.45) is 0. The van der Waals surface area contributed by atoms with Crippen molar-refractivity contribution in [2.75, 3.05) is 32.7 Å². The lowest BCUT2D eigenvalue weighted by molar-refractivity contribution is 0.182. The topological polar surface area (TPSA) is 66.6 Å². The van der Waals surface area contributed by atoms with Gasteiger partial charge in [0.05, 0.1) is 4.99 Å². The van der Waals surface area contributed by atoms with Crippen molar-refractivity contribution in [2.24, 2.45) is 5.73 Å². The molecule has 0 aliphatic carbocycles. The van der Waals surface area contributed by atoms with E-state index >= 15 is 0 Å². The van der Waals surface area contributed by atoms with E-state index in [9.17, 15) is 17.2 Å². The fourth-order valence-electron chi connectivity index (χ4n) is 1.48. The monoisotopic (exact) mass is 273 g/mol. The van der Waals surface area contributed by atoms with Gasteiger partial charge in [0.2, 0.25) is 0 Å². The molecular weight excluding hydrogens is 260 g/mol. The van der Waals surface area contributed by atoms with E-state index < -0.39 is 15.8 Å². The smallest absolute Gasteiger partial charge is 0.350 e. The molecule has 16 heavy (non-hydrogen) atoms. The summed E-state index contributed by atoms with van der Waals surface area (Å²) in [5.74, 6) is -3.35. The van der Waals surface area contributed by atoms with Crippen LogP contribution in [0.5, 0.6) is 0 Å². The SMILES string of the molecule is NC(=S)CN1CCN(S(=O)(=O)C(F)F)CC1. The van der Waals surface area contributed by atoms with Crippen LogP contribution in [0.25, 0.3) is 0 Å². The van der Waals surface area contributed by atoms with Crippen LogP contribution >= 0.6 is 12.2 Å². The van der Waals surface area contributed by atoms with Crippen LogP contribution in [-0.2, 0) is 10.0 Å². The number of sulfonamides is 1. The van der Waals surface area contributed by atoms with E-state index in [0.29, 0.717) is 24.6 Å². The zero-order valence-corrected chi connectivity index (χ0v) is 10.1. The lowest BCUT2D eigenvalue weighted by Crippen LogP contribution is -2.51. The normalized spacial score (nSPS) is 20.2. The first kappa shape index (κ1) is 13.7. The van der Waals surface area contributed by atoms with Gasteiger partial charge < -0.3 is 5.73 Å². The summed E-state index contributed by atoms with van der Waals surface area (Å²) in [6, 6.07) is 0. The number of halogens is 2. The molecule has 2 N–H and O–H groups in total. The third-order valence-electron chi connectivity index (χ3n) is 2.30. The van der Waals surface area contributed by atoms with E-state index in [4.69, 9.17) is 18.0 Å². The Balaban J connectivity index is 2.52. The van der Waals surface area contributed by atoms with Crippen LogP contribution in [-0.4, -0.2) is 61.1 Å². The van der Waals surface area contributed by atoms with Gasteiger partial charge in [0.15, 0.2) is 0 Å². The van der Waals surface area contributed by atoms with E-state index in [2.05, 4.69) is 0 Å². The number of hydrogen-bond donors (Lipinski definition) is 1. The minimum absolute atomic E-state index is 0.0509. The highest BCUT2D eigenvalue weighted by Gasteiger charge is 2.34. The number of thiocarbonyl (C=S) groups is 1. The lowest BCUT2D eigenvalue weighted by atomic mass is 10.3. The highest BCUT2D eigenvalue weighted by Crippen LogP contribution is 2.14. The maximum Gasteiger partial charge on any atom is 0.350 e. The van der Waals surface area contributed by atoms with Gasteiger partial charge in [-0.1, -0.05) is 12.2 Å². The molecule has 0 saturated carbocycles. The molecule has 0 radical (unpaired) electrons. The summed E-state index contributed by atoms with van der Waals surface area (Å²) in [5.41, 5.74) is 5.33. The van der Waals surface area contributed by atoms with E-state index in [1.807, 2.05) is 4.90 Å². The predicted molar refractivity (Wildman–Crippen MR) is 59.7 cm³/mol. The van der Waals surface area contributed by atoms with Gasteiger partial charge in [-0.05, 0) is 0 Å². The number of alkyl halides is 2. The number of rotatable bonds is 4. The summed E-state index contributed by atoms with van der Waals surface area (Å²) < 4.78 is 47.5. The van der Waals surface area contributed by atoms with Gasteiger partial charge in [0, 0.05) is 32.7 Å². The van der Waals surface area contributed by atoms with E-state index in [-0.39, 0.29) is 13.1 Å². The van der Waals surface area contributed by atoms with Gasteiger partial charge >= 0.3 is 5.76 Å². The molecule has 0 unspecified atom stereocenters. The van der Waals surface area contributed by atoms with Crippen molar-refractivity contribution in [3.05, 3.63) is 0 Å². The Morgan fingerprint density at radius 1 is 1.31 bits per heavy atom. The average molecular weight is 273 g/mol. The van der Waals surface area contributed by atoms with Crippen molar-refractivity contribution in [3.8, 4) is 0 Å². The molecule has 0 aromatic heterocycles. The number of nitrogens with two attached hydrogens (primary N) is 1. The molecule has 1 aliphatic heterocycles. The Morgan fingerprint density at radius 3 is 2.19 bits per heavy atom. The first-order valence-electron chi connectivity index (χ1n) is 4.62. The van der Waals surface area contributed by atoms with Crippen LogP contribution < -0.4 is 5.73 Å². The summed E-state index contributed by atoms with van der Waals surface area (Å²) in [4.78, 5) is 2.14. The summed E-state index contributed by atoms with van der Waals surface area (Å²) in [5, 5.41) is 0. The van der Waals surface area contributed by atoms with Gasteiger partial charge in [-0.2, -0.15) is 13.1 Å². The zero-order valence-electron chi connectivity index (χ0n) is 8.47. The average Bonchev–Trinajstić information content (AvgIpc) is 2.17. The number of hydrogen-bond acceptors (Lipinski definition) is 4. The Hall–Kier alpha value is -0.380. The molecule has 5 nitrogen and oxygen atoms in total. The Labute approximate surface area is 98.2 Å². The first-order chi connectivity index (χ1) is 7.34. The standard InChI is InChI=1S/C7H13F2N3O2S2/c8-7(9)16(13,14)12-3-1-11(2-4-12)5-6(10)15/h7H,1-5H2,(H2,10,15). The summed E-state index contributed by atoms with van der Waals surface area (Å²) in [7, 11) is -4.44. The molecule has 0 aromatic rings. The lowest BCUT2D eigenvalue weighted by Gasteiger charge is -2.33. The highest BCUT2D eigenvalue weighted by atomic mass is 32.2. The molecule has 1 saturated heterocycles. The van der Waals surface area contributed by atoms with Crippen LogP contribution in [0.2, 0.25) is 0 Å². The van der Waals surface area contributed by atoms with Crippen molar-refractivity contribution in [2.45, 2.75) is 5.76 Å². The predicted octanol–water partition coefficient (Wildman–Crippen LogP) is -0.557. The molecule has 1 aliphatic rings. The third-order valence-corrected chi connectivity index (χ3v) is 3.96. The second-order valence-electron chi connectivity index (χ2n) is 3.45. The van der Waals surface area contributed by atoms with Gasteiger partial charge in [-0.25, -0.2) is 8.42 Å². The molecular formula is C7H13F2N3O2S2. The highest BCUT2D eigenvalue weighted by molar-refractivity contribution is 7.89. The van der Waals surface area contributed by atoms with Crippen molar-refractivity contribution in [1.82, 2.24) is 9.21 Å². The zero-order chi connectivity index (χ0) is 12.3. The fraction of sp³-hybridized carbons (Fsp3) is 0.857. The third kappa shape index (κ3) is 3.30. The molecule has 1 rings (SSSR count). The number of piperazine rings is 1. The largest absolute Gasteiger partial charge is 0.392 e. The fourth-order valence-corrected chi connectivity index (χ4v) is 2.56. The van der Waals surface area contributed by atoms with Crippen molar-refractivity contribution in [1.29, 1.82) is 0 Å². The number of nitrogens with zero attached hydrogens (tertiary/aromatic N) is 2. The van der Waals surface area contributed by atoms with E-state index in [1.54, 1.807) is 0 Å². The summed E-state index contributed by atoms with van der Waals surface area (Å²) >= 11 is 4.71. The molecule has 0 amide bonds. The van der Waals surface area contributed by atoms with Crippen LogP contribution in [0.15, 0.2) is 0 Å². The first-order valence-corrected chi connectivity index (χ1v) is 6.53. The van der Waals surface area contributed by atoms with Gasteiger partial charge in [0.1, 0.15) is 0 Å². The van der Waals surface area contributed by atoms with E-state index in [1.165, 1.54) is 0 Å². The minimum Gasteiger partial charge on any atom is -0.392 e. The molecule has 9 heteroatoms. The van der Waals surface area contributed by atoms with Gasteiger partial charge in [-0.3, -0.25) is 4.90 Å². The molecule has 1 heterocycles. The van der Waals surface area contributed by atoms with Crippen LogP contribution in [0, 0.1) is 0 Å².